The van der Waals surface area contributed by atoms with Crippen LogP contribution in [0.3, 0.4) is 0 Å². The fourth-order valence-electron chi connectivity index (χ4n) is 5.68. The van der Waals surface area contributed by atoms with Gasteiger partial charge < -0.3 is 24.0 Å². The highest BCUT2D eigenvalue weighted by molar-refractivity contribution is 5.87. The summed E-state index contributed by atoms with van der Waals surface area (Å²) in [5.74, 6) is 1.18. The zero-order chi connectivity index (χ0) is 26.4. The van der Waals surface area contributed by atoms with Crippen LogP contribution in [0.2, 0.25) is 0 Å². The predicted octanol–water partition coefficient (Wildman–Crippen LogP) is 5.64. The Labute approximate surface area is 216 Å². The van der Waals surface area contributed by atoms with Crippen LogP contribution in [0.5, 0.6) is 5.75 Å². The van der Waals surface area contributed by atoms with Gasteiger partial charge in [-0.05, 0) is 61.8 Å². The van der Waals surface area contributed by atoms with E-state index in [1.54, 1.807) is 24.3 Å². The predicted molar refractivity (Wildman–Crippen MR) is 129 cm³/mol. The molecule has 3 atom stereocenters. The van der Waals surface area contributed by atoms with Gasteiger partial charge in [0.1, 0.15) is 23.0 Å². The van der Waals surface area contributed by atoms with E-state index in [0.29, 0.717) is 28.9 Å². The second-order valence-electron chi connectivity index (χ2n) is 10.2. The Bertz CT molecular complexity index is 1310. The number of hydrogen-bond donors (Lipinski definition) is 1. The molecule has 3 fully saturated rings. The molecule has 0 spiro atoms. The van der Waals surface area contributed by atoms with Crippen molar-refractivity contribution in [3.05, 3.63) is 59.5 Å². The van der Waals surface area contributed by atoms with Crippen molar-refractivity contribution in [1.29, 1.82) is 0 Å². The lowest BCUT2D eigenvalue weighted by Crippen LogP contribution is -2.24. The molecule has 1 saturated heterocycles. The van der Waals surface area contributed by atoms with Gasteiger partial charge in [0.15, 0.2) is 0 Å². The number of carboxylic acid groups (broad SMARTS) is 1. The zero-order valence-electron chi connectivity index (χ0n) is 20.4. The fourth-order valence-corrected chi connectivity index (χ4v) is 5.68. The molecule has 1 aromatic carbocycles. The Kier molecular flexibility index (Phi) is 6.25. The molecule has 8 nitrogen and oxygen atoms in total. The summed E-state index contributed by atoms with van der Waals surface area (Å²) in [6.07, 6.45) is 0.206. The third-order valence-electron chi connectivity index (χ3n) is 7.62. The summed E-state index contributed by atoms with van der Waals surface area (Å²) in [7, 11) is 0. The summed E-state index contributed by atoms with van der Waals surface area (Å²) in [4.78, 5) is 17.6. The number of anilines is 1. The topological polar surface area (TPSA) is 97.9 Å². The van der Waals surface area contributed by atoms with Gasteiger partial charge in [0.25, 0.3) is 0 Å². The van der Waals surface area contributed by atoms with Crippen molar-refractivity contribution < 1.29 is 37.1 Å². The number of fused-ring (bicyclic) bond motifs is 1. The quantitative estimate of drug-likeness (QED) is 0.400. The molecular weight excluding hydrogens is 503 g/mol. The highest BCUT2D eigenvalue weighted by Gasteiger charge is 2.42. The van der Waals surface area contributed by atoms with Gasteiger partial charge in [0, 0.05) is 36.3 Å². The molecule has 6 rings (SSSR count). The lowest BCUT2D eigenvalue weighted by molar-refractivity contribution is -0.274. The number of ether oxygens (including phenoxy) is 2. The van der Waals surface area contributed by atoms with Crippen LogP contribution in [-0.2, 0) is 11.3 Å². The average molecular weight is 530 g/mol. The number of aromatic nitrogens is 2. The summed E-state index contributed by atoms with van der Waals surface area (Å²) in [5, 5.41) is 13.2. The van der Waals surface area contributed by atoms with Crippen molar-refractivity contribution in [2.75, 3.05) is 18.0 Å². The lowest BCUT2D eigenvalue weighted by atomic mass is 10.0. The first-order chi connectivity index (χ1) is 18.2. The molecule has 2 saturated carbocycles. The van der Waals surface area contributed by atoms with E-state index in [4.69, 9.17) is 14.4 Å². The number of carbonyl (C=O) groups is 1. The van der Waals surface area contributed by atoms with Crippen LogP contribution in [0.4, 0.5) is 19.0 Å². The largest absolute Gasteiger partial charge is 0.573 e. The molecule has 3 aromatic rings. The summed E-state index contributed by atoms with van der Waals surface area (Å²) < 4.78 is 55.2. The maximum Gasteiger partial charge on any atom is 0.573 e. The highest BCUT2D eigenvalue weighted by atomic mass is 19.4. The number of halogens is 3. The number of nitrogens with zero attached hydrogens (tertiary/aromatic N) is 3. The molecule has 2 aliphatic carbocycles. The van der Waals surface area contributed by atoms with Crippen LogP contribution < -0.4 is 9.64 Å². The van der Waals surface area contributed by atoms with E-state index in [1.807, 2.05) is 0 Å². The van der Waals surface area contributed by atoms with Crippen molar-refractivity contribution in [3.63, 3.8) is 0 Å². The number of hydrogen-bond acceptors (Lipinski definition) is 7. The van der Waals surface area contributed by atoms with E-state index in [2.05, 4.69) is 19.8 Å². The summed E-state index contributed by atoms with van der Waals surface area (Å²) >= 11 is 0. The Morgan fingerprint density at radius 2 is 1.84 bits per heavy atom. The van der Waals surface area contributed by atoms with Gasteiger partial charge in [0.2, 0.25) is 0 Å². The molecule has 3 heterocycles. The molecule has 3 aliphatic rings. The van der Waals surface area contributed by atoms with Crippen molar-refractivity contribution >= 4 is 11.8 Å². The van der Waals surface area contributed by atoms with Gasteiger partial charge in [-0.3, -0.25) is 0 Å². The number of pyridine rings is 1. The van der Waals surface area contributed by atoms with E-state index >= 15 is 0 Å². The van der Waals surface area contributed by atoms with Crippen LogP contribution in [0.25, 0.3) is 11.3 Å². The van der Waals surface area contributed by atoms with Gasteiger partial charge in [-0.2, -0.15) is 0 Å². The molecule has 200 valence electrons. The Hall–Kier alpha value is -3.60. The molecule has 0 bridgehead atoms. The van der Waals surface area contributed by atoms with E-state index in [-0.39, 0.29) is 35.5 Å². The number of aromatic carboxylic acids is 1. The summed E-state index contributed by atoms with van der Waals surface area (Å²) in [6.45, 7) is 1.84. The first kappa shape index (κ1) is 24.7. The Morgan fingerprint density at radius 3 is 2.47 bits per heavy atom. The molecule has 11 heteroatoms. The number of benzene rings is 1. The smallest absolute Gasteiger partial charge is 0.478 e. The van der Waals surface area contributed by atoms with Crippen LogP contribution in [0.1, 0.15) is 53.3 Å². The number of para-hydroxylation sites is 1. The monoisotopic (exact) mass is 529 g/mol. The molecule has 2 aromatic heterocycles. The minimum Gasteiger partial charge on any atom is -0.478 e. The highest BCUT2D eigenvalue weighted by Crippen LogP contribution is 2.46. The van der Waals surface area contributed by atoms with Crippen molar-refractivity contribution in [1.82, 2.24) is 10.1 Å². The number of carboxylic acids is 1. The van der Waals surface area contributed by atoms with Crippen molar-refractivity contribution in [2.24, 2.45) is 11.8 Å². The summed E-state index contributed by atoms with van der Waals surface area (Å²) in [5.41, 5.74) is 1.39. The van der Waals surface area contributed by atoms with Gasteiger partial charge in [0.05, 0.1) is 18.3 Å². The van der Waals surface area contributed by atoms with E-state index in [9.17, 15) is 18.0 Å². The molecule has 0 amide bonds. The van der Waals surface area contributed by atoms with E-state index in [0.717, 1.165) is 44.6 Å². The van der Waals surface area contributed by atoms with Gasteiger partial charge >= 0.3 is 12.3 Å². The Morgan fingerprint density at radius 1 is 1.11 bits per heavy atom. The molecule has 1 aliphatic heterocycles. The lowest BCUT2D eigenvalue weighted by Gasteiger charge is -2.20. The zero-order valence-corrected chi connectivity index (χ0v) is 20.4. The van der Waals surface area contributed by atoms with Crippen molar-refractivity contribution in [3.8, 4) is 17.0 Å². The number of rotatable bonds is 8. The van der Waals surface area contributed by atoms with Crippen LogP contribution in [0, 0.1) is 11.8 Å². The van der Waals surface area contributed by atoms with Gasteiger partial charge in [-0.25, -0.2) is 9.78 Å². The fraction of sp³-hybridized carbons (Fsp3) is 0.444. The number of alkyl halides is 3. The maximum atomic E-state index is 13.0. The standard InChI is InChI=1S/C27H26F3N3O5/c28-27(29,30)37-22-4-2-1-3-20(22)24-21(25(38-32-24)15-5-6-15)14-36-19-9-17-12-33(13-18(17)10-19)23-8-7-16(11-31-23)26(34)35/h1-4,7-8,11,15,17-19H,5-6,9-10,12-14H2,(H,34,35)/t17-,18?,19+/m0/s1. The molecule has 1 unspecified atom stereocenters. The normalized spacial score (nSPS) is 23.0. The van der Waals surface area contributed by atoms with Crippen LogP contribution in [-0.4, -0.2) is 46.8 Å². The molecule has 38 heavy (non-hydrogen) atoms. The first-order valence-electron chi connectivity index (χ1n) is 12.6. The second-order valence-corrected chi connectivity index (χ2v) is 10.2. The van der Waals surface area contributed by atoms with Crippen LogP contribution >= 0.6 is 0 Å². The van der Waals surface area contributed by atoms with Crippen LogP contribution in [0.15, 0.2) is 47.1 Å². The maximum absolute atomic E-state index is 13.0. The molecule has 0 radical (unpaired) electrons. The minimum atomic E-state index is -4.82. The van der Waals surface area contributed by atoms with E-state index in [1.165, 1.54) is 18.3 Å². The van der Waals surface area contributed by atoms with Gasteiger partial charge in [-0.15, -0.1) is 13.2 Å². The average Bonchev–Trinajstić information content (AvgIpc) is 3.34. The molecular formula is C27H26F3N3O5. The summed E-state index contributed by atoms with van der Waals surface area (Å²) in [6, 6.07) is 9.25. The Balaban J connectivity index is 1.13. The molecule has 1 N–H and O–H groups in total. The van der Waals surface area contributed by atoms with E-state index < -0.39 is 12.3 Å². The van der Waals surface area contributed by atoms with Gasteiger partial charge in [-0.1, -0.05) is 17.3 Å². The minimum absolute atomic E-state index is 0.0194. The second kappa shape index (κ2) is 9.61. The third-order valence-corrected chi connectivity index (χ3v) is 7.62. The first-order valence-corrected chi connectivity index (χ1v) is 12.6. The van der Waals surface area contributed by atoms with Crippen molar-refractivity contribution in [2.45, 2.75) is 50.7 Å². The SMILES string of the molecule is O=C(O)c1ccc(N2CC3C[C@H](OCc4c(-c5ccccc5OC(F)(F)F)noc4C4CC4)C[C@H]3C2)nc1. The third kappa shape index (κ3) is 5.07.